The van der Waals surface area contributed by atoms with Crippen molar-refractivity contribution >= 4 is 5.91 Å². The first-order chi connectivity index (χ1) is 9.61. The number of rotatable bonds is 4. The average Bonchev–Trinajstić information content (AvgIpc) is 2.48. The van der Waals surface area contributed by atoms with Crippen LogP contribution >= 0.6 is 0 Å². The topological polar surface area (TPSA) is 40.5 Å². The van der Waals surface area contributed by atoms with Crippen molar-refractivity contribution in [3.63, 3.8) is 0 Å². The first kappa shape index (κ1) is 14.8. The summed E-state index contributed by atoms with van der Waals surface area (Å²) >= 11 is 0. The zero-order chi connectivity index (χ0) is 14.5. The molecule has 108 valence electrons. The number of carbonyl (C=O) groups excluding carboxylic acids is 1. The van der Waals surface area contributed by atoms with Crippen LogP contribution in [0.25, 0.3) is 0 Å². The largest absolute Gasteiger partial charge is 0.391 e. The Morgan fingerprint density at radius 3 is 2.80 bits per heavy atom. The summed E-state index contributed by atoms with van der Waals surface area (Å²) in [5, 5.41) is 9.89. The number of hydrogen-bond acceptors (Lipinski definition) is 2. The summed E-state index contributed by atoms with van der Waals surface area (Å²) in [4.78, 5) is 14.1. The van der Waals surface area contributed by atoms with E-state index in [1.54, 1.807) is 4.90 Å². The lowest BCUT2D eigenvalue weighted by Crippen LogP contribution is -2.46. The van der Waals surface area contributed by atoms with Gasteiger partial charge in [0.2, 0.25) is 5.91 Å². The predicted molar refractivity (Wildman–Crippen MR) is 80.4 cm³/mol. The third kappa shape index (κ3) is 3.48. The summed E-state index contributed by atoms with van der Waals surface area (Å²) in [5.74, 6) is 0.424. The molecule has 3 nitrogen and oxygen atoms in total. The van der Waals surface area contributed by atoms with Crippen molar-refractivity contribution < 1.29 is 9.90 Å². The highest BCUT2D eigenvalue weighted by molar-refractivity contribution is 5.77. The first-order valence-corrected chi connectivity index (χ1v) is 7.25. The molecule has 1 fully saturated rings. The maximum atomic E-state index is 12.4. The number of likely N-dealkylation sites (tertiary alicyclic amines) is 1. The van der Waals surface area contributed by atoms with Gasteiger partial charge in [0.15, 0.2) is 0 Å². The van der Waals surface area contributed by atoms with E-state index >= 15 is 0 Å². The number of benzene rings is 1. The van der Waals surface area contributed by atoms with Gasteiger partial charge in [-0.15, -0.1) is 6.58 Å². The molecule has 0 radical (unpaired) electrons. The number of nitrogens with zero attached hydrogens (tertiary/aromatic N) is 1. The van der Waals surface area contributed by atoms with E-state index in [0.717, 1.165) is 18.5 Å². The number of allylic oxidation sites excluding steroid dienone is 1. The van der Waals surface area contributed by atoms with Crippen LogP contribution in [0.4, 0.5) is 0 Å². The summed E-state index contributed by atoms with van der Waals surface area (Å²) in [6.07, 6.45) is 2.73. The normalized spacial score (nSPS) is 24.2. The van der Waals surface area contributed by atoms with Crippen molar-refractivity contribution in [2.45, 2.75) is 31.8 Å². The SMILES string of the molecule is C=CC(CC(=O)N1CCC(C)C(O)C1)c1ccccc1. The Hall–Kier alpha value is -1.61. The standard InChI is InChI=1S/C17H23NO2/c1-3-14(15-7-5-4-6-8-15)11-17(20)18-10-9-13(2)16(19)12-18/h3-8,13-14,16,19H,1,9-12H2,2H3. The summed E-state index contributed by atoms with van der Waals surface area (Å²) in [7, 11) is 0. The van der Waals surface area contributed by atoms with Gasteiger partial charge in [-0.1, -0.05) is 43.3 Å². The highest BCUT2D eigenvalue weighted by Gasteiger charge is 2.28. The summed E-state index contributed by atoms with van der Waals surface area (Å²) in [6.45, 7) is 7.08. The van der Waals surface area contributed by atoms with E-state index in [9.17, 15) is 9.90 Å². The molecule has 0 aliphatic carbocycles. The fourth-order valence-corrected chi connectivity index (χ4v) is 2.63. The first-order valence-electron chi connectivity index (χ1n) is 7.25. The molecule has 1 N–H and O–H groups in total. The lowest BCUT2D eigenvalue weighted by atomic mass is 9.93. The molecule has 0 spiro atoms. The van der Waals surface area contributed by atoms with E-state index in [1.807, 2.05) is 43.3 Å². The van der Waals surface area contributed by atoms with Crippen LogP contribution < -0.4 is 0 Å². The number of aliphatic hydroxyl groups is 1. The molecule has 3 unspecified atom stereocenters. The Kier molecular flexibility index (Phi) is 4.96. The van der Waals surface area contributed by atoms with Crippen LogP contribution in [-0.2, 0) is 4.79 Å². The third-order valence-electron chi connectivity index (χ3n) is 4.18. The fourth-order valence-electron chi connectivity index (χ4n) is 2.63. The second-order valence-corrected chi connectivity index (χ2v) is 5.63. The van der Waals surface area contributed by atoms with Gasteiger partial charge in [0.1, 0.15) is 0 Å². The molecule has 3 atom stereocenters. The minimum absolute atomic E-state index is 0.0418. The Balaban J connectivity index is 1.98. The minimum atomic E-state index is -0.397. The smallest absolute Gasteiger partial charge is 0.223 e. The van der Waals surface area contributed by atoms with Crippen LogP contribution in [-0.4, -0.2) is 35.1 Å². The van der Waals surface area contributed by atoms with Crippen molar-refractivity contribution in [1.29, 1.82) is 0 Å². The van der Waals surface area contributed by atoms with E-state index in [2.05, 4.69) is 6.58 Å². The Morgan fingerprint density at radius 1 is 1.50 bits per heavy atom. The van der Waals surface area contributed by atoms with Gasteiger partial charge in [0.05, 0.1) is 6.10 Å². The molecule has 1 aliphatic heterocycles. The number of piperidine rings is 1. The molecule has 20 heavy (non-hydrogen) atoms. The summed E-state index contributed by atoms with van der Waals surface area (Å²) in [5.41, 5.74) is 1.11. The van der Waals surface area contributed by atoms with Crippen LogP contribution in [0.1, 0.15) is 31.2 Å². The van der Waals surface area contributed by atoms with E-state index in [0.29, 0.717) is 13.0 Å². The number of carbonyl (C=O) groups is 1. The fraction of sp³-hybridized carbons (Fsp3) is 0.471. The molecule has 0 bridgehead atoms. The van der Waals surface area contributed by atoms with Crippen molar-refractivity contribution in [2.75, 3.05) is 13.1 Å². The van der Waals surface area contributed by atoms with E-state index in [4.69, 9.17) is 0 Å². The molecule has 1 saturated heterocycles. The van der Waals surface area contributed by atoms with Gasteiger partial charge < -0.3 is 10.0 Å². The third-order valence-corrected chi connectivity index (χ3v) is 4.18. The van der Waals surface area contributed by atoms with E-state index < -0.39 is 6.10 Å². The van der Waals surface area contributed by atoms with Crippen molar-refractivity contribution in [2.24, 2.45) is 5.92 Å². The van der Waals surface area contributed by atoms with Crippen LogP contribution in [0.3, 0.4) is 0 Å². The monoisotopic (exact) mass is 273 g/mol. The molecule has 0 saturated carbocycles. The second kappa shape index (κ2) is 6.71. The number of β-amino-alcohol motifs (C(OH)–C–C–N with tert-alkyl or cyclic N) is 1. The minimum Gasteiger partial charge on any atom is -0.391 e. The Bertz CT molecular complexity index is 457. The average molecular weight is 273 g/mol. The molecule has 1 aliphatic rings. The lowest BCUT2D eigenvalue weighted by Gasteiger charge is -2.34. The highest BCUT2D eigenvalue weighted by Crippen LogP contribution is 2.24. The Labute approximate surface area is 120 Å². The van der Waals surface area contributed by atoms with Crippen molar-refractivity contribution in [3.05, 3.63) is 48.6 Å². The van der Waals surface area contributed by atoms with Gasteiger partial charge in [-0.25, -0.2) is 0 Å². The Morgan fingerprint density at radius 2 is 2.20 bits per heavy atom. The lowest BCUT2D eigenvalue weighted by molar-refractivity contribution is -0.135. The molecular weight excluding hydrogens is 250 g/mol. The zero-order valence-corrected chi connectivity index (χ0v) is 12.0. The van der Waals surface area contributed by atoms with Gasteiger partial charge in [0.25, 0.3) is 0 Å². The second-order valence-electron chi connectivity index (χ2n) is 5.63. The number of aliphatic hydroxyl groups excluding tert-OH is 1. The van der Waals surface area contributed by atoms with Crippen LogP contribution in [0.2, 0.25) is 0 Å². The van der Waals surface area contributed by atoms with Crippen LogP contribution in [0, 0.1) is 5.92 Å². The quantitative estimate of drug-likeness (QED) is 0.857. The predicted octanol–water partition coefficient (Wildman–Crippen LogP) is 2.58. The van der Waals surface area contributed by atoms with Gasteiger partial charge >= 0.3 is 0 Å². The molecule has 0 aromatic heterocycles. The maximum Gasteiger partial charge on any atom is 0.223 e. The van der Waals surface area contributed by atoms with Gasteiger partial charge in [-0.3, -0.25) is 4.79 Å². The maximum absolute atomic E-state index is 12.4. The molecule has 1 heterocycles. The van der Waals surface area contributed by atoms with Crippen molar-refractivity contribution in [1.82, 2.24) is 4.90 Å². The summed E-state index contributed by atoms with van der Waals surface area (Å²) in [6, 6.07) is 9.96. The van der Waals surface area contributed by atoms with Crippen LogP contribution in [0.5, 0.6) is 0 Å². The molecule has 3 heteroatoms. The van der Waals surface area contributed by atoms with Gasteiger partial charge in [-0.05, 0) is 17.9 Å². The zero-order valence-electron chi connectivity index (χ0n) is 12.0. The molecule has 1 aromatic rings. The molecule has 1 amide bonds. The number of amides is 1. The van der Waals surface area contributed by atoms with E-state index in [-0.39, 0.29) is 17.7 Å². The highest BCUT2D eigenvalue weighted by atomic mass is 16.3. The number of hydrogen-bond donors (Lipinski definition) is 1. The molecular formula is C17H23NO2. The summed E-state index contributed by atoms with van der Waals surface area (Å²) < 4.78 is 0. The van der Waals surface area contributed by atoms with E-state index in [1.165, 1.54) is 0 Å². The van der Waals surface area contributed by atoms with Gasteiger partial charge in [-0.2, -0.15) is 0 Å². The molecule has 2 rings (SSSR count). The van der Waals surface area contributed by atoms with Gasteiger partial charge in [0, 0.05) is 25.4 Å². The van der Waals surface area contributed by atoms with Crippen molar-refractivity contribution in [3.8, 4) is 0 Å². The molecule has 1 aromatic carbocycles. The van der Waals surface area contributed by atoms with Crippen LogP contribution in [0.15, 0.2) is 43.0 Å².